The molecule has 1 heterocycles. The zero-order valence-corrected chi connectivity index (χ0v) is 13.3. The van der Waals surface area contributed by atoms with E-state index in [1.807, 2.05) is 17.1 Å². The molecule has 0 aliphatic carbocycles. The summed E-state index contributed by atoms with van der Waals surface area (Å²) in [6.45, 7) is 5.91. The van der Waals surface area contributed by atoms with Crippen LogP contribution in [0.3, 0.4) is 0 Å². The van der Waals surface area contributed by atoms with Crippen LogP contribution in [0.2, 0.25) is 0 Å². The van der Waals surface area contributed by atoms with Gasteiger partial charge in [-0.1, -0.05) is 13.0 Å². The second kappa shape index (κ2) is 6.99. The molecule has 0 bridgehead atoms. The summed E-state index contributed by atoms with van der Waals surface area (Å²) in [6.07, 6.45) is 5.03. The molecule has 3 nitrogen and oxygen atoms in total. The lowest BCUT2D eigenvalue weighted by molar-refractivity contribution is 0.569. The molecule has 1 unspecified atom stereocenters. The first-order valence-corrected chi connectivity index (χ1v) is 7.59. The number of rotatable bonds is 6. The average Bonchev–Trinajstić information content (AvgIpc) is 2.89. The SMILES string of the molecule is CCCNC(C)c1cnn(Cc2ccc(F)c(Br)c2)c1. The summed E-state index contributed by atoms with van der Waals surface area (Å²) in [5.41, 5.74) is 2.18. The molecule has 0 fully saturated rings. The van der Waals surface area contributed by atoms with Gasteiger partial charge in [0, 0.05) is 17.8 Å². The van der Waals surface area contributed by atoms with Crippen LogP contribution < -0.4 is 5.32 Å². The van der Waals surface area contributed by atoms with Gasteiger partial charge in [0.1, 0.15) is 5.82 Å². The van der Waals surface area contributed by atoms with Gasteiger partial charge in [-0.3, -0.25) is 4.68 Å². The van der Waals surface area contributed by atoms with Gasteiger partial charge >= 0.3 is 0 Å². The molecule has 20 heavy (non-hydrogen) atoms. The maximum atomic E-state index is 13.2. The standard InChI is InChI=1S/C15H19BrFN3/c1-3-6-18-11(2)13-8-19-20(10-13)9-12-4-5-15(17)14(16)7-12/h4-5,7-8,10-11,18H,3,6,9H2,1-2H3. The minimum Gasteiger partial charge on any atom is -0.310 e. The molecular weight excluding hydrogens is 321 g/mol. The van der Waals surface area contributed by atoms with Gasteiger partial charge in [-0.2, -0.15) is 5.10 Å². The summed E-state index contributed by atoms with van der Waals surface area (Å²) in [5.74, 6) is -0.243. The monoisotopic (exact) mass is 339 g/mol. The van der Waals surface area contributed by atoms with E-state index in [0.717, 1.165) is 18.5 Å². The van der Waals surface area contributed by atoms with E-state index in [4.69, 9.17) is 0 Å². The Labute approximate surface area is 127 Å². The molecule has 0 amide bonds. The zero-order chi connectivity index (χ0) is 14.5. The number of nitrogens with zero attached hydrogens (tertiary/aromatic N) is 2. The fourth-order valence-electron chi connectivity index (χ4n) is 1.99. The van der Waals surface area contributed by atoms with Crippen LogP contribution in [-0.4, -0.2) is 16.3 Å². The van der Waals surface area contributed by atoms with Crippen LogP contribution in [0.5, 0.6) is 0 Å². The highest BCUT2D eigenvalue weighted by Crippen LogP contribution is 2.18. The second-order valence-electron chi connectivity index (χ2n) is 4.90. The Kier molecular flexibility index (Phi) is 5.31. The van der Waals surface area contributed by atoms with Crippen molar-refractivity contribution >= 4 is 15.9 Å². The molecule has 1 N–H and O–H groups in total. The summed E-state index contributed by atoms with van der Waals surface area (Å²) >= 11 is 3.20. The number of benzene rings is 1. The van der Waals surface area contributed by atoms with Crippen molar-refractivity contribution in [3.63, 3.8) is 0 Å². The van der Waals surface area contributed by atoms with Crippen LogP contribution >= 0.6 is 15.9 Å². The van der Waals surface area contributed by atoms with Crippen LogP contribution in [0.25, 0.3) is 0 Å². The normalized spacial score (nSPS) is 12.6. The molecule has 0 aliphatic rings. The van der Waals surface area contributed by atoms with E-state index in [1.165, 1.54) is 11.6 Å². The molecule has 2 aromatic rings. The highest BCUT2D eigenvalue weighted by atomic mass is 79.9. The Balaban J connectivity index is 2.03. The molecule has 108 valence electrons. The van der Waals surface area contributed by atoms with Gasteiger partial charge in [-0.15, -0.1) is 0 Å². The topological polar surface area (TPSA) is 29.9 Å². The van der Waals surface area contributed by atoms with E-state index in [1.54, 1.807) is 12.1 Å². The Bertz CT molecular complexity index is 568. The molecule has 0 aliphatic heterocycles. The molecule has 1 aromatic carbocycles. The molecule has 0 radical (unpaired) electrons. The van der Waals surface area contributed by atoms with E-state index >= 15 is 0 Å². The largest absolute Gasteiger partial charge is 0.310 e. The van der Waals surface area contributed by atoms with Crippen LogP contribution in [0.4, 0.5) is 4.39 Å². The van der Waals surface area contributed by atoms with E-state index in [9.17, 15) is 4.39 Å². The van der Waals surface area contributed by atoms with Gasteiger partial charge in [0.25, 0.3) is 0 Å². The Morgan fingerprint density at radius 2 is 2.25 bits per heavy atom. The molecule has 5 heteroatoms. The summed E-state index contributed by atoms with van der Waals surface area (Å²) < 4.78 is 15.5. The molecule has 1 aromatic heterocycles. The molecule has 0 saturated carbocycles. The van der Waals surface area contributed by atoms with Gasteiger partial charge in [0.2, 0.25) is 0 Å². The lowest BCUT2D eigenvalue weighted by Crippen LogP contribution is -2.18. The lowest BCUT2D eigenvalue weighted by atomic mass is 10.2. The maximum Gasteiger partial charge on any atom is 0.137 e. The van der Waals surface area contributed by atoms with Crippen molar-refractivity contribution in [2.24, 2.45) is 0 Å². The van der Waals surface area contributed by atoms with E-state index in [-0.39, 0.29) is 5.82 Å². The summed E-state index contributed by atoms with van der Waals surface area (Å²) in [4.78, 5) is 0. The molecule has 0 spiro atoms. The highest BCUT2D eigenvalue weighted by Gasteiger charge is 2.08. The highest BCUT2D eigenvalue weighted by molar-refractivity contribution is 9.10. The summed E-state index contributed by atoms with van der Waals surface area (Å²) in [5, 5.41) is 7.79. The van der Waals surface area contributed by atoms with Crippen molar-refractivity contribution in [1.82, 2.24) is 15.1 Å². The van der Waals surface area contributed by atoms with Crippen molar-refractivity contribution in [3.05, 3.63) is 52.0 Å². The number of hydrogen-bond donors (Lipinski definition) is 1. The Morgan fingerprint density at radius 3 is 2.95 bits per heavy atom. The predicted molar refractivity (Wildman–Crippen MR) is 82.1 cm³/mol. The predicted octanol–water partition coefficient (Wildman–Crippen LogP) is 3.89. The smallest absolute Gasteiger partial charge is 0.137 e. The van der Waals surface area contributed by atoms with Gasteiger partial charge in [0.15, 0.2) is 0 Å². The number of aromatic nitrogens is 2. The van der Waals surface area contributed by atoms with E-state index < -0.39 is 0 Å². The maximum absolute atomic E-state index is 13.2. The van der Waals surface area contributed by atoms with Gasteiger partial charge in [-0.25, -0.2) is 4.39 Å². The fraction of sp³-hybridized carbons (Fsp3) is 0.400. The Hall–Kier alpha value is -1.20. The van der Waals surface area contributed by atoms with Crippen LogP contribution in [-0.2, 0) is 6.54 Å². The summed E-state index contributed by atoms with van der Waals surface area (Å²) in [6, 6.07) is 5.33. The molecular formula is C15H19BrFN3. The Morgan fingerprint density at radius 1 is 1.45 bits per heavy atom. The minimum absolute atomic E-state index is 0.243. The first-order chi connectivity index (χ1) is 9.60. The van der Waals surface area contributed by atoms with Crippen molar-refractivity contribution in [2.45, 2.75) is 32.9 Å². The fourth-order valence-corrected chi connectivity index (χ4v) is 2.42. The van der Waals surface area contributed by atoms with Crippen molar-refractivity contribution in [3.8, 4) is 0 Å². The minimum atomic E-state index is -0.243. The van der Waals surface area contributed by atoms with Crippen LogP contribution in [0.15, 0.2) is 35.1 Å². The van der Waals surface area contributed by atoms with Crippen molar-refractivity contribution in [2.75, 3.05) is 6.54 Å². The van der Waals surface area contributed by atoms with Crippen LogP contribution in [0.1, 0.15) is 37.4 Å². The third-order valence-electron chi connectivity index (χ3n) is 3.18. The van der Waals surface area contributed by atoms with E-state index in [2.05, 4.69) is 40.2 Å². The quantitative estimate of drug-likeness (QED) is 0.865. The van der Waals surface area contributed by atoms with Crippen LogP contribution in [0, 0.1) is 5.82 Å². The zero-order valence-electron chi connectivity index (χ0n) is 11.7. The number of nitrogens with one attached hydrogen (secondary N) is 1. The number of halogens is 2. The lowest BCUT2D eigenvalue weighted by Gasteiger charge is -2.10. The summed E-state index contributed by atoms with van der Waals surface area (Å²) in [7, 11) is 0. The first-order valence-electron chi connectivity index (χ1n) is 6.79. The van der Waals surface area contributed by atoms with Gasteiger partial charge < -0.3 is 5.32 Å². The van der Waals surface area contributed by atoms with Crippen molar-refractivity contribution in [1.29, 1.82) is 0 Å². The van der Waals surface area contributed by atoms with Gasteiger partial charge in [0.05, 0.1) is 17.2 Å². The third-order valence-corrected chi connectivity index (χ3v) is 3.79. The average molecular weight is 340 g/mol. The van der Waals surface area contributed by atoms with Crippen molar-refractivity contribution < 1.29 is 4.39 Å². The molecule has 0 saturated heterocycles. The molecule has 2 rings (SSSR count). The third kappa shape index (κ3) is 3.90. The van der Waals surface area contributed by atoms with E-state index in [0.29, 0.717) is 17.1 Å². The van der Waals surface area contributed by atoms with Gasteiger partial charge in [-0.05, 0) is 53.5 Å². The number of hydrogen-bond acceptors (Lipinski definition) is 2. The first kappa shape index (κ1) is 15.2. The second-order valence-corrected chi connectivity index (χ2v) is 5.75. The molecule has 1 atom stereocenters.